The fourth-order valence-corrected chi connectivity index (χ4v) is 4.57. The average Bonchev–Trinajstić information content (AvgIpc) is 3.32. The summed E-state index contributed by atoms with van der Waals surface area (Å²) >= 11 is 0. The molecule has 0 spiro atoms. The van der Waals surface area contributed by atoms with Gasteiger partial charge in [0, 0.05) is 19.2 Å². The zero-order valence-electron chi connectivity index (χ0n) is 18.6. The Hall–Kier alpha value is -4.14. The summed E-state index contributed by atoms with van der Waals surface area (Å²) in [6, 6.07) is 16.2. The molecule has 1 fully saturated rings. The molecule has 0 radical (unpaired) electrons. The summed E-state index contributed by atoms with van der Waals surface area (Å²) in [5, 5.41) is 18.6. The summed E-state index contributed by atoms with van der Waals surface area (Å²) in [6.07, 6.45) is 2.03. The molecule has 9 heteroatoms. The van der Waals surface area contributed by atoms with E-state index in [4.69, 9.17) is 4.74 Å². The summed E-state index contributed by atoms with van der Waals surface area (Å²) in [4.78, 5) is 36.5. The third-order valence-corrected chi connectivity index (χ3v) is 6.38. The number of hydrogen-bond donors (Lipinski definition) is 3. The molecular weight excluding hydrogens is 436 g/mol. The normalized spacial score (nSPS) is 15.2. The second-order valence-corrected chi connectivity index (χ2v) is 8.83. The molecule has 5 rings (SSSR count). The molecule has 1 saturated carbocycles. The lowest BCUT2D eigenvalue weighted by Gasteiger charge is -2.19. The molecule has 2 aliphatic carbocycles. The lowest BCUT2D eigenvalue weighted by atomic mass is 9.98. The van der Waals surface area contributed by atoms with Crippen molar-refractivity contribution in [1.29, 1.82) is 0 Å². The predicted molar refractivity (Wildman–Crippen MR) is 124 cm³/mol. The summed E-state index contributed by atoms with van der Waals surface area (Å²) < 4.78 is 6.91. The minimum absolute atomic E-state index is 0.00677. The Morgan fingerprint density at radius 1 is 1.09 bits per heavy atom. The molecular formula is C25H24N4O5. The zero-order chi connectivity index (χ0) is 23.9. The number of hydrogen-bond acceptors (Lipinski definition) is 5. The van der Waals surface area contributed by atoms with Gasteiger partial charge >= 0.3 is 12.1 Å². The SMILES string of the molecule is Cn1cc(C(=O)O)c(NC(=O)CC2(NC(=O)OCC3c4ccccc4-c4ccccc43)CC2)n1. The second kappa shape index (κ2) is 8.33. The standard InChI is InChI=1S/C25H24N4O5/c1-29-13-19(23(31)32)22(28-29)26-21(30)12-25(10-11-25)27-24(33)34-14-20-17-8-4-2-6-15(17)16-7-3-5-9-18(16)20/h2-9,13,20H,10-12,14H2,1H3,(H,27,33)(H,31,32)(H,26,28,30). The topological polar surface area (TPSA) is 123 Å². The lowest BCUT2D eigenvalue weighted by molar-refractivity contribution is -0.116. The van der Waals surface area contributed by atoms with Gasteiger partial charge in [-0.25, -0.2) is 9.59 Å². The van der Waals surface area contributed by atoms with E-state index in [1.807, 2.05) is 24.3 Å². The first-order valence-corrected chi connectivity index (χ1v) is 11.1. The van der Waals surface area contributed by atoms with E-state index in [9.17, 15) is 19.5 Å². The molecule has 0 bridgehead atoms. The van der Waals surface area contributed by atoms with Crippen LogP contribution in [0.3, 0.4) is 0 Å². The van der Waals surface area contributed by atoms with Gasteiger partial charge in [-0.3, -0.25) is 9.48 Å². The molecule has 3 aromatic rings. The molecule has 0 unspecified atom stereocenters. The monoisotopic (exact) mass is 460 g/mol. The zero-order valence-corrected chi connectivity index (χ0v) is 18.6. The van der Waals surface area contributed by atoms with Gasteiger partial charge in [0.15, 0.2) is 5.82 Å². The molecule has 2 aromatic carbocycles. The number of aromatic nitrogens is 2. The van der Waals surface area contributed by atoms with Crippen LogP contribution in [0.4, 0.5) is 10.6 Å². The van der Waals surface area contributed by atoms with E-state index < -0.39 is 23.5 Å². The number of aryl methyl sites for hydroxylation is 1. The second-order valence-electron chi connectivity index (χ2n) is 8.83. The van der Waals surface area contributed by atoms with Crippen LogP contribution in [0.2, 0.25) is 0 Å². The number of carbonyl (C=O) groups excluding carboxylic acids is 2. The maximum absolute atomic E-state index is 12.6. The third-order valence-electron chi connectivity index (χ3n) is 6.38. The van der Waals surface area contributed by atoms with Crippen molar-refractivity contribution in [3.8, 4) is 11.1 Å². The summed E-state index contributed by atoms with van der Waals surface area (Å²) in [5.74, 6) is -1.66. The highest BCUT2D eigenvalue weighted by molar-refractivity contribution is 5.99. The fraction of sp³-hybridized carbons (Fsp3) is 0.280. The van der Waals surface area contributed by atoms with Crippen LogP contribution in [0.25, 0.3) is 11.1 Å². The van der Waals surface area contributed by atoms with Gasteiger partial charge in [0.1, 0.15) is 12.2 Å². The quantitative estimate of drug-likeness (QED) is 0.496. The number of benzene rings is 2. The van der Waals surface area contributed by atoms with Crippen molar-refractivity contribution in [2.75, 3.05) is 11.9 Å². The lowest BCUT2D eigenvalue weighted by Crippen LogP contribution is -2.40. The Labute approximate surface area is 195 Å². The van der Waals surface area contributed by atoms with Crippen molar-refractivity contribution in [2.24, 2.45) is 7.05 Å². The van der Waals surface area contributed by atoms with Crippen LogP contribution >= 0.6 is 0 Å². The fourth-order valence-electron chi connectivity index (χ4n) is 4.57. The van der Waals surface area contributed by atoms with E-state index >= 15 is 0 Å². The van der Waals surface area contributed by atoms with E-state index in [0.29, 0.717) is 12.8 Å². The van der Waals surface area contributed by atoms with E-state index in [2.05, 4.69) is 40.0 Å². The smallest absolute Gasteiger partial charge is 0.407 e. The number of rotatable bonds is 7. The van der Waals surface area contributed by atoms with E-state index in [-0.39, 0.29) is 30.3 Å². The highest BCUT2D eigenvalue weighted by Gasteiger charge is 2.46. The molecule has 34 heavy (non-hydrogen) atoms. The van der Waals surface area contributed by atoms with Gasteiger partial charge in [0.25, 0.3) is 0 Å². The van der Waals surface area contributed by atoms with Crippen molar-refractivity contribution in [2.45, 2.75) is 30.7 Å². The maximum atomic E-state index is 12.6. The van der Waals surface area contributed by atoms with E-state index in [1.54, 1.807) is 7.05 Å². The van der Waals surface area contributed by atoms with Gasteiger partial charge in [-0.1, -0.05) is 48.5 Å². The molecule has 1 heterocycles. The number of anilines is 1. The van der Waals surface area contributed by atoms with Crippen molar-refractivity contribution in [3.63, 3.8) is 0 Å². The average molecular weight is 460 g/mol. The minimum Gasteiger partial charge on any atom is -0.477 e. The summed E-state index contributed by atoms with van der Waals surface area (Å²) in [5.41, 5.74) is 3.77. The Balaban J connectivity index is 1.19. The molecule has 3 N–H and O–H groups in total. The van der Waals surface area contributed by atoms with Gasteiger partial charge in [-0.2, -0.15) is 5.10 Å². The minimum atomic E-state index is -1.18. The number of carboxylic acid groups (broad SMARTS) is 1. The van der Waals surface area contributed by atoms with Crippen molar-refractivity contribution < 1.29 is 24.2 Å². The number of nitrogens with one attached hydrogen (secondary N) is 2. The first-order valence-electron chi connectivity index (χ1n) is 11.1. The number of ether oxygens (including phenoxy) is 1. The van der Waals surface area contributed by atoms with Crippen LogP contribution in [0.5, 0.6) is 0 Å². The highest BCUT2D eigenvalue weighted by atomic mass is 16.5. The number of amides is 2. The highest BCUT2D eigenvalue weighted by Crippen LogP contribution is 2.44. The molecule has 0 aliphatic heterocycles. The van der Waals surface area contributed by atoms with Crippen molar-refractivity contribution >= 4 is 23.8 Å². The molecule has 0 saturated heterocycles. The molecule has 2 amide bonds. The van der Waals surface area contributed by atoms with Crippen LogP contribution in [-0.2, 0) is 16.6 Å². The number of aromatic carboxylic acids is 1. The molecule has 174 valence electrons. The van der Waals surface area contributed by atoms with Crippen LogP contribution < -0.4 is 10.6 Å². The Morgan fingerprint density at radius 3 is 2.29 bits per heavy atom. The van der Waals surface area contributed by atoms with Gasteiger partial charge < -0.3 is 20.5 Å². The van der Waals surface area contributed by atoms with Gasteiger partial charge in [0.05, 0.1) is 12.0 Å². The number of alkyl carbamates (subject to hydrolysis) is 1. The van der Waals surface area contributed by atoms with Gasteiger partial charge in [-0.15, -0.1) is 0 Å². The first-order chi connectivity index (χ1) is 16.3. The van der Waals surface area contributed by atoms with E-state index in [0.717, 1.165) is 22.3 Å². The van der Waals surface area contributed by atoms with Gasteiger partial charge in [-0.05, 0) is 35.1 Å². The van der Waals surface area contributed by atoms with Crippen LogP contribution in [0.15, 0.2) is 54.7 Å². The van der Waals surface area contributed by atoms with E-state index in [1.165, 1.54) is 10.9 Å². The number of carboxylic acids is 1. The van der Waals surface area contributed by atoms with Crippen LogP contribution in [0, 0.1) is 0 Å². The first kappa shape index (κ1) is 21.7. The van der Waals surface area contributed by atoms with Gasteiger partial charge in [0.2, 0.25) is 5.91 Å². The number of fused-ring (bicyclic) bond motifs is 3. The summed E-state index contributed by atoms with van der Waals surface area (Å²) in [7, 11) is 1.57. The Morgan fingerprint density at radius 2 is 1.71 bits per heavy atom. The van der Waals surface area contributed by atoms with Crippen molar-refractivity contribution in [1.82, 2.24) is 15.1 Å². The molecule has 1 aromatic heterocycles. The Kier molecular flexibility index (Phi) is 5.31. The molecule has 9 nitrogen and oxygen atoms in total. The molecule has 0 atom stereocenters. The number of nitrogens with zero attached hydrogens (tertiary/aromatic N) is 2. The van der Waals surface area contributed by atoms with Crippen molar-refractivity contribution in [3.05, 3.63) is 71.4 Å². The summed E-state index contributed by atoms with van der Waals surface area (Å²) in [6.45, 7) is 0.193. The molecule has 2 aliphatic rings. The van der Waals surface area contributed by atoms with Crippen LogP contribution in [-0.4, -0.2) is 45.0 Å². The maximum Gasteiger partial charge on any atom is 0.407 e. The Bertz CT molecular complexity index is 1250. The third kappa shape index (κ3) is 4.12. The predicted octanol–water partition coefficient (Wildman–Crippen LogP) is 3.52. The largest absolute Gasteiger partial charge is 0.477 e. The number of carbonyl (C=O) groups is 3. The van der Waals surface area contributed by atoms with Crippen LogP contribution in [0.1, 0.15) is 46.7 Å².